The lowest BCUT2D eigenvalue weighted by Gasteiger charge is -2.34. The van der Waals surface area contributed by atoms with Crippen molar-refractivity contribution >= 4 is 45.0 Å². The van der Waals surface area contributed by atoms with Gasteiger partial charge in [0, 0.05) is 29.2 Å². The third kappa shape index (κ3) is 7.43. The molecule has 7 nitrogen and oxygen atoms in total. The average Bonchev–Trinajstić information content (AvgIpc) is 2.73. The van der Waals surface area contributed by atoms with E-state index in [-0.39, 0.29) is 17.3 Å². The van der Waals surface area contributed by atoms with Crippen LogP contribution in [0.25, 0.3) is 0 Å². The molecule has 186 valence electrons. The summed E-state index contributed by atoms with van der Waals surface area (Å²) in [7, 11) is -2.62. The van der Waals surface area contributed by atoms with Gasteiger partial charge in [-0.2, -0.15) is 4.31 Å². The van der Waals surface area contributed by atoms with Gasteiger partial charge in [0.15, 0.2) is 0 Å². The number of benzene rings is 2. The van der Waals surface area contributed by atoms with Crippen molar-refractivity contribution in [3.8, 4) is 0 Å². The zero-order chi connectivity index (χ0) is 25.7. The molecule has 0 unspecified atom stereocenters. The molecule has 0 aliphatic heterocycles. The molecule has 0 aromatic heterocycles. The molecule has 0 bridgehead atoms. The van der Waals surface area contributed by atoms with Gasteiger partial charge in [-0.05, 0) is 63.1 Å². The van der Waals surface area contributed by atoms with Gasteiger partial charge >= 0.3 is 0 Å². The molecular formula is C24H31Cl2N3O4S. The van der Waals surface area contributed by atoms with Crippen LogP contribution in [-0.4, -0.2) is 54.6 Å². The molecule has 0 saturated heterocycles. The highest BCUT2D eigenvalue weighted by atomic mass is 35.5. The number of carbonyl (C=O) groups is 2. The normalized spacial score (nSPS) is 12.9. The van der Waals surface area contributed by atoms with E-state index >= 15 is 0 Å². The van der Waals surface area contributed by atoms with E-state index in [0.29, 0.717) is 22.0 Å². The van der Waals surface area contributed by atoms with E-state index in [1.54, 1.807) is 31.2 Å². The maximum atomic E-state index is 13.4. The van der Waals surface area contributed by atoms with Gasteiger partial charge in [0.05, 0.1) is 11.4 Å². The Labute approximate surface area is 212 Å². The van der Waals surface area contributed by atoms with E-state index in [4.69, 9.17) is 23.2 Å². The molecular weight excluding hydrogens is 497 g/mol. The van der Waals surface area contributed by atoms with Crippen LogP contribution in [0.3, 0.4) is 0 Å². The van der Waals surface area contributed by atoms with Gasteiger partial charge in [-0.1, -0.05) is 48.3 Å². The molecule has 1 N–H and O–H groups in total. The number of nitrogens with zero attached hydrogens (tertiary/aromatic N) is 2. The smallest absolute Gasteiger partial charge is 0.243 e. The van der Waals surface area contributed by atoms with Crippen molar-refractivity contribution < 1.29 is 18.0 Å². The number of rotatable bonds is 9. The molecule has 34 heavy (non-hydrogen) atoms. The van der Waals surface area contributed by atoms with E-state index in [1.807, 2.05) is 20.8 Å². The van der Waals surface area contributed by atoms with Gasteiger partial charge in [0.1, 0.15) is 6.04 Å². The lowest BCUT2D eigenvalue weighted by atomic mass is 10.1. The second-order valence-corrected chi connectivity index (χ2v) is 11.9. The lowest BCUT2D eigenvalue weighted by molar-refractivity contribution is -0.142. The minimum absolute atomic E-state index is 0.0161. The number of hydrogen-bond acceptors (Lipinski definition) is 4. The highest BCUT2D eigenvalue weighted by Gasteiger charge is 2.33. The maximum Gasteiger partial charge on any atom is 0.243 e. The Hall–Kier alpha value is -2.13. The van der Waals surface area contributed by atoms with E-state index in [0.717, 1.165) is 4.31 Å². The minimum Gasteiger partial charge on any atom is -0.350 e. The molecule has 0 aliphatic rings. The van der Waals surface area contributed by atoms with E-state index in [2.05, 4.69) is 5.32 Å². The van der Waals surface area contributed by atoms with Crippen LogP contribution in [0, 0.1) is 0 Å². The fourth-order valence-electron chi connectivity index (χ4n) is 3.34. The first-order valence-corrected chi connectivity index (χ1v) is 13.0. The fraction of sp³-hybridized carbons (Fsp3) is 0.417. The fourth-order valence-corrected chi connectivity index (χ4v) is 4.78. The summed E-state index contributed by atoms with van der Waals surface area (Å²) in [6.45, 7) is 6.96. The summed E-state index contributed by atoms with van der Waals surface area (Å²) in [4.78, 5) is 27.9. The zero-order valence-corrected chi connectivity index (χ0v) is 22.3. The average molecular weight is 529 g/mol. The quantitative estimate of drug-likeness (QED) is 0.525. The van der Waals surface area contributed by atoms with Crippen LogP contribution in [0.2, 0.25) is 10.0 Å². The second-order valence-electron chi connectivity index (χ2n) is 8.99. The van der Waals surface area contributed by atoms with Gasteiger partial charge in [-0.25, -0.2) is 8.42 Å². The Morgan fingerprint density at radius 1 is 1.03 bits per heavy atom. The van der Waals surface area contributed by atoms with E-state index < -0.39 is 34.1 Å². The third-order valence-corrected chi connectivity index (χ3v) is 7.50. The molecule has 0 aliphatic carbocycles. The van der Waals surface area contributed by atoms with Crippen LogP contribution in [0.5, 0.6) is 0 Å². The standard InChI is InChI=1S/C24H31Cl2N3O4S/c1-6-21(23(31)27-24(2,3)4)29(15-17-9-7-8-10-20(17)26)22(30)16-28(5)34(32,33)19-13-11-18(25)12-14-19/h7-14,21H,6,15-16H2,1-5H3,(H,27,31)/t21-/m0/s1. The summed E-state index contributed by atoms with van der Waals surface area (Å²) < 4.78 is 26.9. The van der Waals surface area contributed by atoms with Gasteiger partial charge in [-0.15, -0.1) is 0 Å². The van der Waals surface area contributed by atoms with Crippen molar-refractivity contribution in [3.05, 3.63) is 64.1 Å². The maximum absolute atomic E-state index is 13.4. The number of nitrogens with one attached hydrogen (secondary N) is 1. The molecule has 0 saturated carbocycles. The largest absolute Gasteiger partial charge is 0.350 e. The topological polar surface area (TPSA) is 86.8 Å². The van der Waals surface area contributed by atoms with Crippen LogP contribution < -0.4 is 5.32 Å². The summed E-state index contributed by atoms with van der Waals surface area (Å²) >= 11 is 12.2. The number of carbonyl (C=O) groups excluding carboxylic acids is 2. The molecule has 2 amide bonds. The Balaban J connectivity index is 2.36. The minimum atomic E-state index is -3.95. The third-order valence-electron chi connectivity index (χ3n) is 5.06. The molecule has 2 aromatic carbocycles. The van der Waals surface area contributed by atoms with Crippen molar-refractivity contribution in [1.29, 1.82) is 0 Å². The summed E-state index contributed by atoms with van der Waals surface area (Å²) in [5.41, 5.74) is 0.154. The van der Waals surface area contributed by atoms with Gasteiger partial charge in [0.25, 0.3) is 0 Å². The first kappa shape index (κ1) is 28.1. The van der Waals surface area contributed by atoms with Crippen LogP contribution in [0.1, 0.15) is 39.7 Å². The Bertz CT molecular complexity index is 1120. The first-order chi connectivity index (χ1) is 15.8. The Morgan fingerprint density at radius 2 is 1.62 bits per heavy atom. The lowest BCUT2D eigenvalue weighted by Crippen LogP contribution is -2.55. The highest BCUT2D eigenvalue weighted by Crippen LogP contribution is 2.22. The molecule has 0 heterocycles. The summed E-state index contributed by atoms with van der Waals surface area (Å²) in [6.07, 6.45) is 0.339. The zero-order valence-electron chi connectivity index (χ0n) is 20.0. The predicted molar refractivity (Wildman–Crippen MR) is 135 cm³/mol. The molecule has 1 atom stereocenters. The van der Waals surface area contributed by atoms with Crippen LogP contribution in [-0.2, 0) is 26.2 Å². The molecule has 0 radical (unpaired) electrons. The van der Waals surface area contributed by atoms with Crippen LogP contribution in [0.4, 0.5) is 0 Å². The summed E-state index contributed by atoms with van der Waals surface area (Å²) in [5.74, 6) is -0.838. The first-order valence-electron chi connectivity index (χ1n) is 10.8. The molecule has 10 heteroatoms. The molecule has 0 spiro atoms. The summed E-state index contributed by atoms with van der Waals surface area (Å²) in [6, 6.07) is 11.9. The molecule has 0 fully saturated rings. The Morgan fingerprint density at radius 3 is 2.15 bits per heavy atom. The highest BCUT2D eigenvalue weighted by molar-refractivity contribution is 7.89. The summed E-state index contributed by atoms with van der Waals surface area (Å²) in [5, 5.41) is 3.76. The number of amides is 2. The van der Waals surface area contributed by atoms with E-state index in [1.165, 1.54) is 36.2 Å². The number of likely N-dealkylation sites (N-methyl/N-ethyl adjacent to an activating group) is 1. The predicted octanol–water partition coefficient (Wildman–Crippen LogP) is 4.34. The Kier molecular flexibility index (Phi) is 9.53. The van der Waals surface area contributed by atoms with Gasteiger partial charge < -0.3 is 10.2 Å². The van der Waals surface area contributed by atoms with Crippen LogP contribution >= 0.6 is 23.2 Å². The molecule has 2 rings (SSSR count). The molecule has 2 aromatic rings. The SMILES string of the molecule is CC[C@@H](C(=O)NC(C)(C)C)N(Cc1ccccc1Cl)C(=O)CN(C)S(=O)(=O)c1ccc(Cl)cc1. The van der Waals surface area contributed by atoms with Crippen LogP contribution in [0.15, 0.2) is 53.4 Å². The van der Waals surface area contributed by atoms with Crippen molar-refractivity contribution in [1.82, 2.24) is 14.5 Å². The van der Waals surface area contributed by atoms with Crippen molar-refractivity contribution in [2.75, 3.05) is 13.6 Å². The van der Waals surface area contributed by atoms with Crippen molar-refractivity contribution in [3.63, 3.8) is 0 Å². The van der Waals surface area contributed by atoms with Crippen molar-refractivity contribution in [2.24, 2.45) is 0 Å². The van der Waals surface area contributed by atoms with Gasteiger partial charge in [0.2, 0.25) is 21.8 Å². The number of sulfonamides is 1. The van der Waals surface area contributed by atoms with E-state index in [9.17, 15) is 18.0 Å². The van der Waals surface area contributed by atoms with Gasteiger partial charge in [-0.3, -0.25) is 9.59 Å². The second kappa shape index (κ2) is 11.5. The van der Waals surface area contributed by atoms with Crippen molar-refractivity contribution in [2.45, 2.75) is 57.1 Å². The monoisotopic (exact) mass is 527 g/mol. The number of halogens is 2. The number of hydrogen-bond donors (Lipinski definition) is 1.